The second kappa shape index (κ2) is 8.27. The van der Waals surface area contributed by atoms with Crippen LogP contribution < -0.4 is 9.64 Å². The van der Waals surface area contributed by atoms with Gasteiger partial charge < -0.3 is 14.2 Å². The Morgan fingerprint density at radius 3 is 2.62 bits per heavy atom. The van der Waals surface area contributed by atoms with E-state index in [-0.39, 0.29) is 17.6 Å². The third-order valence-electron chi connectivity index (χ3n) is 5.86. The van der Waals surface area contributed by atoms with Gasteiger partial charge in [-0.2, -0.15) is 8.78 Å². The first kappa shape index (κ1) is 22.1. The Kier molecular flexibility index (Phi) is 5.38. The second-order valence-electron chi connectivity index (χ2n) is 9.47. The van der Waals surface area contributed by atoms with Crippen molar-refractivity contribution in [1.82, 2.24) is 29.7 Å². The molecule has 10 heteroatoms. The lowest BCUT2D eigenvalue weighted by atomic mass is 9.84. The van der Waals surface area contributed by atoms with Crippen molar-refractivity contribution in [2.75, 3.05) is 18.0 Å². The summed E-state index contributed by atoms with van der Waals surface area (Å²) >= 11 is 0. The predicted octanol–water partition coefficient (Wildman–Crippen LogP) is 4.17. The Morgan fingerprint density at radius 2 is 1.94 bits per heavy atom. The number of anilines is 1. The van der Waals surface area contributed by atoms with E-state index in [2.05, 4.69) is 33.9 Å². The van der Waals surface area contributed by atoms with Gasteiger partial charge in [-0.05, 0) is 24.5 Å². The first-order chi connectivity index (χ1) is 16.2. The Hall–Kier alpha value is -3.69. The van der Waals surface area contributed by atoms with Crippen molar-refractivity contribution < 1.29 is 13.5 Å². The van der Waals surface area contributed by atoms with Gasteiger partial charge in [-0.15, -0.1) is 10.2 Å². The van der Waals surface area contributed by atoms with Crippen LogP contribution in [0.3, 0.4) is 0 Å². The molecule has 3 aromatic heterocycles. The Balaban J connectivity index is 1.51. The van der Waals surface area contributed by atoms with Crippen LogP contribution in [0.15, 0.2) is 36.8 Å². The molecule has 0 atom stereocenters. The van der Waals surface area contributed by atoms with Crippen LogP contribution in [0.5, 0.6) is 5.75 Å². The summed E-state index contributed by atoms with van der Waals surface area (Å²) in [7, 11) is 1.78. The molecule has 1 aliphatic heterocycles. The molecule has 4 aromatic rings. The van der Waals surface area contributed by atoms with Crippen molar-refractivity contribution >= 4 is 16.7 Å². The summed E-state index contributed by atoms with van der Waals surface area (Å²) in [6, 6.07) is 7.04. The fourth-order valence-corrected chi connectivity index (χ4v) is 4.39. The molecule has 5 rings (SSSR count). The van der Waals surface area contributed by atoms with Crippen LogP contribution in [-0.2, 0) is 13.5 Å². The lowest BCUT2D eigenvalue weighted by Gasteiger charge is -2.46. The van der Waals surface area contributed by atoms with Gasteiger partial charge in [0.2, 0.25) is 0 Å². The smallest absolute Gasteiger partial charge is 0.387 e. The van der Waals surface area contributed by atoms with Crippen molar-refractivity contribution in [3.05, 3.63) is 53.9 Å². The van der Waals surface area contributed by atoms with Gasteiger partial charge in [-0.1, -0.05) is 26.0 Å². The molecule has 176 valence electrons. The molecule has 0 aliphatic carbocycles. The van der Waals surface area contributed by atoms with E-state index >= 15 is 0 Å². The summed E-state index contributed by atoms with van der Waals surface area (Å²) in [5.74, 6) is 1.95. The van der Waals surface area contributed by atoms with Gasteiger partial charge in [0.15, 0.2) is 11.6 Å². The van der Waals surface area contributed by atoms with Crippen molar-refractivity contribution in [2.24, 2.45) is 12.5 Å². The van der Waals surface area contributed by atoms with Gasteiger partial charge in [-0.3, -0.25) is 0 Å². The summed E-state index contributed by atoms with van der Waals surface area (Å²) in [5, 5.41) is 8.80. The topological polar surface area (TPSA) is 81.8 Å². The summed E-state index contributed by atoms with van der Waals surface area (Å²) in [6.45, 7) is 5.23. The van der Waals surface area contributed by atoms with Gasteiger partial charge in [0.25, 0.3) is 0 Å². The Labute approximate surface area is 195 Å². The number of alkyl halides is 2. The van der Waals surface area contributed by atoms with Crippen LogP contribution in [0.1, 0.15) is 30.9 Å². The van der Waals surface area contributed by atoms with Crippen molar-refractivity contribution in [2.45, 2.75) is 33.8 Å². The monoisotopic (exact) mass is 465 g/mol. The highest BCUT2D eigenvalue weighted by Gasteiger charge is 2.36. The second-order valence-corrected chi connectivity index (χ2v) is 9.47. The highest BCUT2D eigenvalue weighted by Crippen LogP contribution is 2.36. The maximum Gasteiger partial charge on any atom is 0.387 e. The largest absolute Gasteiger partial charge is 0.435 e. The number of hydrogen-bond acceptors (Lipinski definition) is 7. The van der Waals surface area contributed by atoms with E-state index in [4.69, 9.17) is 14.7 Å². The quantitative estimate of drug-likeness (QED) is 0.423. The maximum absolute atomic E-state index is 13.2. The minimum atomic E-state index is -2.96. The van der Waals surface area contributed by atoms with E-state index in [9.17, 15) is 8.78 Å². The van der Waals surface area contributed by atoms with Crippen LogP contribution in [0.25, 0.3) is 22.3 Å². The zero-order valence-corrected chi connectivity index (χ0v) is 19.5. The molecule has 0 unspecified atom stereocenters. The first-order valence-electron chi connectivity index (χ1n) is 11.0. The molecular weight excluding hydrogens is 440 g/mol. The molecule has 1 aliphatic rings. The number of aromatic nitrogens is 6. The highest BCUT2D eigenvalue weighted by molar-refractivity contribution is 5.89. The summed E-state index contributed by atoms with van der Waals surface area (Å²) in [4.78, 5) is 16.2. The molecule has 0 saturated carbocycles. The Morgan fingerprint density at radius 1 is 1.15 bits per heavy atom. The van der Waals surface area contributed by atoms with E-state index in [0.29, 0.717) is 22.8 Å². The summed E-state index contributed by atoms with van der Waals surface area (Å²) in [5.41, 5.74) is 3.08. The Bertz CT molecular complexity index is 1360. The highest BCUT2D eigenvalue weighted by atomic mass is 19.3. The van der Waals surface area contributed by atoms with Crippen LogP contribution in [0.4, 0.5) is 14.6 Å². The number of benzene rings is 1. The maximum atomic E-state index is 13.2. The van der Waals surface area contributed by atoms with E-state index in [0.717, 1.165) is 35.5 Å². The lowest BCUT2D eigenvalue weighted by molar-refractivity contribution is -0.0503. The average Bonchev–Trinajstić information content (AvgIpc) is 3.18. The van der Waals surface area contributed by atoms with Gasteiger partial charge in [0.05, 0.1) is 0 Å². The predicted molar refractivity (Wildman–Crippen MR) is 124 cm³/mol. The number of hydrogen-bond donors (Lipinski definition) is 0. The first-order valence-corrected chi connectivity index (χ1v) is 11.0. The van der Waals surface area contributed by atoms with Gasteiger partial charge in [-0.25, -0.2) is 15.0 Å². The number of rotatable bonds is 6. The van der Waals surface area contributed by atoms with Crippen molar-refractivity contribution in [3.8, 4) is 17.1 Å². The third-order valence-corrected chi connectivity index (χ3v) is 5.86. The minimum Gasteiger partial charge on any atom is -0.435 e. The van der Waals surface area contributed by atoms with E-state index in [1.165, 1.54) is 0 Å². The fraction of sp³-hybridized carbons (Fsp3) is 0.375. The number of aryl methyl sites for hydroxylation is 2. The van der Waals surface area contributed by atoms with E-state index in [1.807, 2.05) is 13.0 Å². The van der Waals surface area contributed by atoms with Crippen LogP contribution in [0, 0.1) is 12.3 Å². The van der Waals surface area contributed by atoms with Gasteiger partial charge >= 0.3 is 6.61 Å². The van der Waals surface area contributed by atoms with E-state index < -0.39 is 6.61 Å². The standard InChI is InChI=1S/C24H25F2N7O/c1-14-7-17-10-27-19(30-20(17)22(29-14)33-11-24(2,3)12-33)9-15-5-6-16(8-18(15)34-23(25)26)21-31-28-13-32(21)4/h5-8,10,13,23H,9,11-12H2,1-4H3. The number of pyridine rings is 1. The molecule has 0 N–H and O–H groups in total. The summed E-state index contributed by atoms with van der Waals surface area (Å²) < 4.78 is 32.9. The third kappa shape index (κ3) is 4.27. The number of fused-ring (bicyclic) bond motifs is 1. The summed E-state index contributed by atoms with van der Waals surface area (Å²) in [6.07, 6.45) is 3.55. The fourth-order valence-electron chi connectivity index (χ4n) is 4.39. The molecule has 0 spiro atoms. The molecule has 0 amide bonds. The van der Waals surface area contributed by atoms with Crippen LogP contribution >= 0.6 is 0 Å². The zero-order valence-electron chi connectivity index (χ0n) is 19.5. The molecule has 1 fully saturated rings. The van der Waals surface area contributed by atoms with Crippen LogP contribution in [0.2, 0.25) is 0 Å². The van der Waals surface area contributed by atoms with Crippen molar-refractivity contribution in [1.29, 1.82) is 0 Å². The zero-order chi connectivity index (χ0) is 24.0. The number of ether oxygens (including phenoxy) is 1. The molecule has 1 saturated heterocycles. The minimum absolute atomic E-state index is 0.0611. The van der Waals surface area contributed by atoms with Crippen molar-refractivity contribution in [3.63, 3.8) is 0 Å². The molecule has 34 heavy (non-hydrogen) atoms. The van der Waals surface area contributed by atoms with Crippen LogP contribution in [-0.4, -0.2) is 49.4 Å². The van der Waals surface area contributed by atoms with Gasteiger partial charge in [0, 0.05) is 55.0 Å². The van der Waals surface area contributed by atoms with E-state index in [1.54, 1.807) is 42.3 Å². The lowest BCUT2D eigenvalue weighted by Crippen LogP contribution is -2.53. The number of halogens is 2. The molecule has 8 nitrogen and oxygen atoms in total. The normalized spacial score (nSPS) is 15.1. The average molecular weight is 466 g/mol. The molecule has 1 aromatic carbocycles. The number of nitrogens with zero attached hydrogens (tertiary/aromatic N) is 7. The molecule has 0 bridgehead atoms. The molecule has 0 radical (unpaired) electrons. The molecular formula is C24H25F2N7O. The van der Waals surface area contributed by atoms with Gasteiger partial charge in [0.1, 0.15) is 23.4 Å². The molecule has 4 heterocycles. The SMILES string of the molecule is Cc1cc2cnc(Cc3ccc(-c4nncn4C)cc3OC(F)F)nc2c(N2CC(C)(C)C2)n1.